The van der Waals surface area contributed by atoms with Crippen LogP contribution in [0.15, 0.2) is 17.4 Å². The zero-order valence-electron chi connectivity index (χ0n) is 15.1. The molecule has 3 atom stereocenters. The number of aliphatic imine (C=N–C) groups is 1. The maximum Gasteiger partial charge on any atom is 0.194 e. The number of morpholine rings is 1. The Kier molecular flexibility index (Phi) is 7.95. The van der Waals surface area contributed by atoms with Crippen molar-refractivity contribution >= 4 is 29.9 Å². The summed E-state index contributed by atoms with van der Waals surface area (Å²) < 4.78 is 7.72. The number of hydrogen-bond donors (Lipinski definition) is 2. The minimum absolute atomic E-state index is 0. The first-order chi connectivity index (χ1) is 11.7. The maximum absolute atomic E-state index is 10.0. The fourth-order valence-electron chi connectivity index (χ4n) is 3.51. The molecule has 1 aliphatic heterocycles. The van der Waals surface area contributed by atoms with E-state index in [-0.39, 0.29) is 36.2 Å². The maximum atomic E-state index is 10.0. The molecule has 0 radical (unpaired) electrons. The van der Waals surface area contributed by atoms with Crippen LogP contribution in [0.3, 0.4) is 0 Å². The predicted octanol–water partition coefficient (Wildman–Crippen LogP) is 1.54. The SMILES string of the molecule is CCNC(=NCC1CCCC1O)N1CCOC(c2cnn(C)c2)C1.I. The van der Waals surface area contributed by atoms with Crippen LogP contribution >= 0.6 is 24.0 Å². The third-order valence-electron chi connectivity index (χ3n) is 4.89. The topological polar surface area (TPSA) is 74.9 Å². The molecule has 142 valence electrons. The number of aliphatic hydroxyl groups is 1. The Morgan fingerprint density at radius 1 is 1.48 bits per heavy atom. The highest BCUT2D eigenvalue weighted by atomic mass is 127. The Hall–Kier alpha value is -0.870. The second kappa shape index (κ2) is 9.72. The van der Waals surface area contributed by atoms with Gasteiger partial charge in [-0.15, -0.1) is 24.0 Å². The Bertz CT molecular complexity index is 565. The van der Waals surface area contributed by atoms with Gasteiger partial charge in [-0.3, -0.25) is 9.67 Å². The summed E-state index contributed by atoms with van der Waals surface area (Å²) in [5.41, 5.74) is 1.10. The average molecular weight is 463 g/mol. The van der Waals surface area contributed by atoms with Gasteiger partial charge in [0.2, 0.25) is 0 Å². The normalized spacial score (nSPS) is 27.2. The summed E-state index contributed by atoms with van der Waals surface area (Å²) in [5.74, 6) is 1.22. The third-order valence-corrected chi connectivity index (χ3v) is 4.89. The van der Waals surface area contributed by atoms with Gasteiger partial charge in [-0.2, -0.15) is 5.10 Å². The number of nitrogens with one attached hydrogen (secondary N) is 1. The van der Waals surface area contributed by atoms with Crippen LogP contribution in [0, 0.1) is 5.92 Å². The van der Waals surface area contributed by atoms with Crippen molar-refractivity contribution in [1.82, 2.24) is 20.0 Å². The lowest BCUT2D eigenvalue weighted by Gasteiger charge is -2.35. The fraction of sp³-hybridized carbons (Fsp3) is 0.765. The van der Waals surface area contributed by atoms with Crippen molar-refractivity contribution in [2.45, 2.75) is 38.4 Å². The molecule has 0 spiro atoms. The molecule has 2 N–H and O–H groups in total. The lowest BCUT2D eigenvalue weighted by Crippen LogP contribution is -2.48. The van der Waals surface area contributed by atoms with Crippen LogP contribution in [0.1, 0.15) is 37.9 Å². The zero-order valence-corrected chi connectivity index (χ0v) is 17.4. The van der Waals surface area contributed by atoms with Crippen LogP contribution in [-0.2, 0) is 11.8 Å². The second-order valence-electron chi connectivity index (χ2n) is 6.71. The average Bonchev–Trinajstić information content (AvgIpc) is 3.20. The van der Waals surface area contributed by atoms with Crippen molar-refractivity contribution in [2.75, 3.05) is 32.8 Å². The Labute approximate surface area is 166 Å². The highest BCUT2D eigenvalue weighted by molar-refractivity contribution is 14.0. The van der Waals surface area contributed by atoms with Gasteiger partial charge < -0.3 is 20.1 Å². The first-order valence-corrected chi connectivity index (χ1v) is 8.99. The van der Waals surface area contributed by atoms with Crippen molar-refractivity contribution in [3.05, 3.63) is 18.0 Å². The largest absolute Gasteiger partial charge is 0.393 e. The van der Waals surface area contributed by atoms with E-state index in [0.717, 1.165) is 50.4 Å². The minimum Gasteiger partial charge on any atom is -0.393 e. The van der Waals surface area contributed by atoms with Crippen LogP contribution in [0.4, 0.5) is 0 Å². The Balaban J connectivity index is 0.00000225. The second-order valence-corrected chi connectivity index (χ2v) is 6.71. The molecular formula is C17H30IN5O2. The van der Waals surface area contributed by atoms with E-state index in [1.54, 1.807) is 4.68 Å². The van der Waals surface area contributed by atoms with Crippen molar-refractivity contribution in [1.29, 1.82) is 0 Å². The summed E-state index contributed by atoms with van der Waals surface area (Å²) in [5, 5.41) is 17.6. The summed E-state index contributed by atoms with van der Waals surface area (Å²) in [6.45, 7) is 5.88. The molecule has 8 heteroatoms. The van der Waals surface area contributed by atoms with Crippen molar-refractivity contribution < 1.29 is 9.84 Å². The van der Waals surface area contributed by atoms with E-state index in [1.807, 2.05) is 19.4 Å². The van der Waals surface area contributed by atoms with Crippen LogP contribution < -0.4 is 5.32 Å². The number of rotatable bonds is 4. The quantitative estimate of drug-likeness (QED) is 0.403. The van der Waals surface area contributed by atoms with Gasteiger partial charge in [0.15, 0.2) is 5.96 Å². The molecule has 0 amide bonds. The fourth-order valence-corrected chi connectivity index (χ4v) is 3.51. The first-order valence-electron chi connectivity index (χ1n) is 8.99. The number of halogens is 1. The van der Waals surface area contributed by atoms with Crippen LogP contribution in [-0.4, -0.2) is 64.6 Å². The number of aromatic nitrogens is 2. The molecule has 1 saturated carbocycles. The number of aliphatic hydroxyl groups excluding tert-OH is 1. The molecule has 1 aromatic rings. The lowest BCUT2D eigenvalue weighted by molar-refractivity contribution is -0.00810. The van der Waals surface area contributed by atoms with Crippen LogP contribution in [0.2, 0.25) is 0 Å². The van der Waals surface area contributed by atoms with E-state index in [0.29, 0.717) is 19.1 Å². The molecule has 0 bridgehead atoms. The zero-order chi connectivity index (χ0) is 16.9. The molecule has 3 unspecified atom stereocenters. The van der Waals surface area contributed by atoms with Gasteiger partial charge >= 0.3 is 0 Å². The highest BCUT2D eigenvalue weighted by Crippen LogP contribution is 2.26. The van der Waals surface area contributed by atoms with E-state index < -0.39 is 0 Å². The van der Waals surface area contributed by atoms with E-state index in [2.05, 4.69) is 22.2 Å². The summed E-state index contributed by atoms with van der Waals surface area (Å²) in [6.07, 6.45) is 6.81. The van der Waals surface area contributed by atoms with Gasteiger partial charge in [-0.25, -0.2) is 0 Å². The summed E-state index contributed by atoms with van der Waals surface area (Å²) in [4.78, 5) is 7.05. The summed E-state index contributed by atoms with van der Waals surface area (Å²) in [6, 6.07) is 0. The predicted molar refractivity (Wildman–Crippen MR) is 108 cm³/mol. The Morgan fingerprint density at radius 3 is 2.96 bits per heavy atom. The number of nitrogens with zero attached hydrogens (tertiary/aromatic N) is 4. The molecule has 3 rings (SSSR count). The van der Waals surface area contributed by atoms with Gasteiger partial charge in [0.05, 0.1) is 25.5 Å². The molecule has 25 heavy (non-hydrogen) atoms. The molecular weight excluding hydrogens is 433 g/mol. The first kappa shape index (κ1) is 20.4. The van der Waals surface area contributed by atoms with Crippen LogP contribution in [0.25, 0.3) is 0 Å². The summed E-state index contributed by atoms with van der Waals surface area (Å²) >= 11 is 0. The van der Waals surface area contributed by atoms with Crippen LogP contribution in [0.5, 0.6) is 0 Å². The van der Waals surface area contributed by atoms with E-state index in [1.165, 1.54) is 0 Å². The van der Waals surface area contributed by atoms with E-state index in [9.17, 15) is 5.11 Å². The van der Waals surface area contributed by atoms with E-state index in [4.69, 9.17) is 9.73 Å². The molecule has 7 nitrogen and oxygen atoms in total. The standard InChI is InChI=1S/C17H29N5O2.HI/c1-3-18-17(19-9-13-5-4-6-15(13)23)22-7-8-24-16(12-22)14-10-20-21(2)11-14;/h10-11,13,15-16,23H,3-9,12H2,1-2H3,(H,18,19);1H. The van der Waals surface area contributed by atoms with Crippen molar-refractivity contribution in [2.24, 2.45) is 18.0 Å². The highest BCUT2D eigenvalue weighted by Gasteiger charge is 2.27. The molecule has 1 aliphatic carbocycles. The molecule has 2 heterocycles. The molecule has 1 aromatic heterocycles. The lowest BCUT2D eigenvalue weighted by atomic mass is 10.1. The number of hydrogen-bond acceptors (Lipinski definition) is 4. The van der Waals surface area contributed by atoms with Gasteiger partial charge in [0.1, 0.15) is 6.10 Å². The Morgan fingerprint density at radius 2 is 2.32 bits per heavy atom. The number of guanidine groups is 1. The number of aryl methyl sites for hydroxylation is 1. The third kappa shape index (κ3) is 5.30. The van der Waals surface area contributed by atoms with Gasteiger partial charge in [0.25, 0.3) is 0 Å². The molecule has 0 aromatic carbocycles. The molecule has 2 aliphatic rings. The monoisotopic (exact) mass is 463 g/mol. The van der Waals surface area contributed by atoms with Gasteiger partial charge in [-0.1, -0.05) is 6.42 Å². The molecule has 1 saturated heterocycles. The van der Waals surface area contributed by atoms with E-state index >= 15 is 0 Å². The van der Waals surface area contributed by atoms with Crippen molar-refractivity contribution in [3.63, 3.8) is 0 Å². The minimum atomic E-state index is -0.190. The van der Waals surface area contributed by atoms with Crippen molar-refractivity contribution in [3.8, 4) is 0 Å². The van der Waals surface area contributed by atoms with Gasteiger partial charge in [-0.05, 0) is 19.8 Å². The number of ether oxygens (including phenoxy) is 1. The summed E-state index contributed by atoms with van der Waals surface area (Å²) in [7, 11) is 1.92. The molecule has 2 fully saturated rings. The van der Waals surface area contributed by atoms with Gasteiger partial charge in [0, 0.05) is 44.4 Å². The smallest absolute Gasteiger partial charge is 0.194 e.